The van der Waals surface area contributed by atoms with Gasteiger partial charge in [0.15, 0.2) is 23.8 Å². The van der Waals surface area contributed by atoms with Crippen molar-refractivity contribution in [3.05, 3.63) is 0 Å². The lowest BCUT2D eigenvalue weighted by Crippen LogP contribution is -2.70. The number of aliphatic hydroxyl groups is 3. The SMILES string of the molecule is C[C@H]1[C@@H](CC(CO)C(O)C(CO)C[C@H]2O[C@@H]3O[C@]4(C)CC[C@H]5[C@H](C)CC[C@@H]([C@H]2C)[C@@]35OO4)O[C@@H]2O[C@]3(C)CC[C@H]4[C@H](C)CC[C@@H]1[C@@]24OO3. The van der Waals surface area contributed by atoms with Gasteiger partial charge >= 0.3 is 0 Å². The summed E-state index contributed by atoms with van der Waals surface area (Å²) in [5.74, 6) is -0.663. The van der Waals surface area contributed by atoms with E-state index in [1.165, 1.54) is 0 Å². The third-order valence-electron chi connectivity index (χ3n) is 15.1. The lowest BCUT2D eigenvalue weighted by Gasteiger charge is -2.61. The highest BCUT2D eigenvalue weighted by molar-refractivity contribution is 5.12. The van der Waals surface area contributed by atoms with Crippen LogP contribution in [0.4, 0.5) is 0 Å². The lowest BCUT2D eigenvalue weighted by atomic mass is 9.57. The van der Waals surface area contributed by atoms with Crippen LogP contribution in [-0.2, 0) is 38.5 Å². The van der Waals surface area contributed by atoms with Gasteiger partial charge in [-0.15, -0.1) is 0 Å². The molecule has 2 unspecified atom stereocenters. The molecule has 8 aliphatic heterocycles. The maximum absolute atomic E-state index is 11.9. The Bertz CT molecular complexity index is 1100. The molecule has 3 N–H and O–H groups in total. The quantitative estimate of drug-likeness (QED) is 0.304. The van der Waals surface area contributed by atoms with Crippen molar-refractivity contribution in [2.75, 3.05) is 13.2 Å². The van der Waals surface area contributed by atoms with Gasteiger partial charge in [0, 0.05) is 49.7 Å². The Hall–Kier alpha value is -0.440. The average molecular weight is 681 g/mol. The van der Waals surface area contributed by atoms with Crippen LogP contribution in [0.25, 0.3) is 0 Å². The second kappa shape index (κ2) is 12.3. The fourth-order valence-electron chi connectivity index (χ4n) is 12.1. The van der Waals surface area contributed by atoms with Gasteiger partial charge in [-0.2, -0.15) is 0 Å². The highest BCUT2D eigenvalue weighted by atomic mass is 17.3. The zero-order valence-electron chi connectivity index (χ0n) is 29.8. The molecule has 48 heavy (non-hydrogen) atoms. The van der Waals surface area contributed by atoms with Crippen molar-refractivity contribution in [3.63, 3.8) is 0 Å². The van der Waals surface area contributed by atoms with E-state index in [0.717, 1.165) is 51.4 Å². The Labute approximate surface area is 285 Å². The van der Waals surface area contributed by atoms with E-state index < -0.39 is 53.3 Å². The van der Waals surface area contributed by atoms with E-state index in [2.05, 4.69) is 27.7 Å². The first kappa shape index (κ1) is 34.6. The van der Waals surface area contributed by atoms with Crippen molar-refractivity contribution >= 4 is 0 Å². The topological polar surface area (TPSA) is 135 Å². The van der Waals surface area contributed by atoms with Gasteiger partial charge in [0.05, 0.1) is 18.3 Å². The molecular weight excluding hydrogens is 620 g/mol. The van der Waals surface area contributed by atoms with Crippen LogP contribution in [0.1, 0.15) is 106 Å². The molecule has 10 rings (SSSR count). The number of hydrogen-bond donors (Lipinski definition) is 3. The van der Waals surface area contributed by atoms with Gasteiger partial charge in [0.1, 0.15) is 0 Å². The van der Waals surface area contributed by atoms with Gasteiger partial charge in [-0.3, -0.25) is 0 Å². The number of ether oxygens (including phenoxy) is 4. The monoisotopic (exact) mass is 680 g/mol. The second-order valence-electron chi connectivity index (χ2n) is 17.7. The number of fused-ring (bicyclic) bond motifs is 4. The van der Waals surface area contributed by atoms with Crippen LogP contribution in [0, 0.1) is 59.2 Å². The minimum absolute atomic E-state index is 0.102. The van der Waals surface area contributed by atoms with E-state index in [1.54, 1.807) is 0 Å². The molecule has 0 aromatic carbocycles. The molecule has 18 atom stereocenters. The fraction of sp³-hybridized carbons (Fsp3) is 1.00. The van der Waals surface area contributed by atoms with Gasteiger partial charge in [-0.1, -0.05) is 27.7 Å². The van der Waals surface area contributed by atoms with E-state index in [4.69, 9.17) is 38.5 Å². The highest BCUT2D eigenvalue weighted by Crippen LogP contribution is 2.62. The normalized spacial score (nSPS) is 55.9. The fourth-order valence-corrected chi connectivity index (χ4v) is 12.1. The summed E-state index contributed by atoms with van der Waals surface area (Å²) in [4.78, 5) is 24.6. The Kier molecular flexibility index (Phi) is 8.89. The lowest BCUT2D eigenvalue weighted by molar-refractivity contribution is -0.571. The molecule has 8 heterocycles. The third-order valence-corrected chi connectivity index (χ3v) is 15.1. The number of rotatable bonds is 8. The standard InChI is InChI=1S/C37H60O11/c1-19-7-9-27-21(3)29(41-32-36(27)25(19)11-13-34(5,43-32)45-47-36)15-23(17-38)31(40)24(18-39)16-30-22(4)28-10-8-20(2)26-12-14-35(6)44-33(42-30)37(26,28)48-46-35/h19-33,38-40H,7-18H2,1-6H3/t19-,20-,21-,22-,23?,24?,25+,26+,27+,28+,29-,30-,31?,32-,33-,34+,35+,36-,37-/m1/s1. The molecule has 10 fully saturated rings. The predicted molar refractivity (Wildman–Crippen MR) is 170 cm³/mol. The summed E-state index contributed by atoms with van der Waals surface area (Å²) < 4.78 is 26.7. The zero-order chi connectivity index (χ0) is 33.8. The third kappa shape index (κ3) is 5.07. The molecule has 2 aliphatic carbocycles. The molecule has 11 nitrogen and oxygen atoms in total. The summed E-state index contributed by atoms with van der Waals surface area (Å²) in [7, 11) is 0. The molecule has 0 aromatic rings. The molecule has 11 heteroatoms. The zero-order valence-corrected chi connectivity index (χ0v) is 29.8. The summed E-state index contributed by atoms with van der Waals surface area (Å²) in [6.07, 6.45) is 5.92. The molecule has 0 radical (unpaired) electrons. The Morgan fingerprint density at radius 2 is 1.00 bits per heavy atom. The molecule has 10 aliphatic rings. The van der Waals surface area contributed by atoms with Crippen molar-refractivity contribution in [3.8, 4) is 0 Å². The van der Waals surface area contributed by atoms with E-state index >= 15 is 0 Å². The molecule has 2 saturated carbocycles. The predicted octanol–water partition coefficient (Wildman–Crippen LogP) is 4.85. The van der Waals surface area contributed by atoms with Crippen LogP contribution < -0.4 is 0 Å². The number of hydrogen-bond acceptors (Lipinski definition) is 11. The van der Waals surface area contributed by atoms with Gasteiger partial charge in [-0.25, -0.2) is 19.6 Å². The molecule has 0 aromatic heterocycles. The summed E-state index contributed by atoms with van der Waals surface area (Å²) in [6.45, 7) is 12.4. The summed E-state index contributed by atoms with van der Waals surface area (Å²) in [5, 5.41) is 33.3. The van der Waals surface area contributed by atoms with E-state index in [0.29, 0.717) is 24.7 Å². The summed E-state index contributed by atoms with van der Waals surface area (Å²) in [6, 6.07) is 0. The van der Waals surface area contributed by atoms with Gasteiger partial charge in [0.2, 0.25) is 11.6 Å². The van der Waals surface area contributed by atoms with Crippen molar-refractivity contribution in [1.82, 2.24) is 0 Å². The second-order valence-corrected chi connectivity index (χ2v) is 17.7. The van der Waals surface area contributed by atoms with E-state index in [9.17, 15) is 15.3 Å². The van der Waals surface area contributed by atoms with E-state index in [-0.39, 0.29) is 60.9 Å². The Balaban J connectivity index is 0.991. The minimum atomic E-state index is -0.955. The maximum atomic E-state index is 11.9. The molecular formula is C37H60O11. The van der Waals surface area contributed by atoms with Crippen molar-refractivity contribution in [2.24, 2.45) is 59.2 Å². The van der Waals surface area contributed by atoms with Crippen LogP contribution in [-0.4, -0.2) is 82.2 Å². The Morgan fingerprint density at radius 1 is 0.583 bits per heavy atom. The molecule has 8 saturated heterocycles. The van der Waals surface area contributed by atoms with Crippen molar-refractivity contribution in [1.29, 1.82) is 0 Å². The summed E-state index contributed by atoms with van der Waals surface area (Å²) >= 11 is 0. The molecule has 4 bridgehead atoms. The minimum Gasteiger partial charge on any atom is -0.396 e. The summed E-state index contributed by atoms with van der Waals surface area (Å²) in [5.41, 5.74) is -1.31. The van der Waals surface area contributed by atoms with Gasteiger partial charge in [-0.05, 0) is 101 Å². The largest absolute Gasteiger partial charge is 0.396 e. The van der Waals surface area contributed by atoms with Crippen LogP contribution in [0.15, 0.2) is 0 Å². The van der Waals surface area contributed by atoms with Crippen LogP contribution in [0.2, 0.25) is 0 Å². The van der Waals surface area contributed by atoms with Crippen molar-refractivity contribution < 1.29 is 53.8 Å². The first-order valence-electron chi connectivity index (χ1n) is 19.2. The van der Waals surface area contributed by atoms with E-state index in [1.807, 2.05) is 13.8 Å². The van der Waals surface area contributed by atoms with Crippen LogP contribution in [0.5, 0.6) is 0 Å². The molecule has 2 spiro atoms. The van der Waals surface area contributed by atoms with Gasteiger partial charge < -0.3 is 34.3 Å². The Morgan fingerprint density at radius 3 is 1.40 bits per heavy atom. The molecule has 274 valence electrons. The number of aliphatic hydroxyl groups excluding tert-OH is 3. The van der Waals surface area contributed by atoms with Crippen LogP contribution >= 0.6 is 0 Å². The van der Waals surface area contributed by atoms with Crippen molar-refractivity contribution in [2.45, 2.75) is 159 Å². The first-order valence-corrected chi connectivity index (χ1v) is 19.2. The first-order chi connectivity index (χ1) is 22.9. The molecule has 0 amide bonds. The maximum Gasteiger partial charge on any atom is 0.201 e. The smallest absolute Gasteiger partial charge is 0.201 e. The van der Waals surface area contributed by atoms with Crippen LogP contribution in [0.3, 0.4) is 0 Å². The average Bonchev–Trinajstić information content (AvgIpc) is 3.44. The van der Waals surface area contributed by atoms with Gasteiger partial charge in [0.25, 0.3) is 0 Å². The highest BCUT2D eigenvalue weighted by Gasteiger charge is 2.71.